The van der Waals surface area contributed by atoms with Crippen LogP contribution < -0.4 is 15.2 Å². The van der Waals surface area contributed by atoms with E-state index in [0.717, 1.165) is 0 Å². The molecule has 1 aliphatic rings. The molecule has 6 heteroatoms. The summed E-state index contributed by atoms with van der Waals surface area (Å²) in [6.45, 7) is 0. The number of Topliss-reactive ketones (excluding diaryl/α,β-unsaturated/α-hetero) is 1. The van der Waals surface area contributed by atoms with E-state index in [9.17, 15) is 24.6 Å². The predicted molar refractivity (Wildman–Crippen MR) is 84.7 cm³/mol. The highest BCUT2D eigenvalue weighted by Crippen LogP contribution is 2.23. The molecule has 0 aliphatic heterocycles. The molecule has 3 rings (SSSR count). The lowest BCUT2D eigenvalue weighted by Crippen LogP contribution is -2.31. The molecule has 0 aromatic heterocycles. The van der Waals surface area contributed by atoms with E-state index in [0.29, 0.717) is 10.4 Å². The molecule has 0 radical (unpaired) electrons. The number of hydrogen-bond donors (Lipinski definition) is 2. The Morgan fingerprint density at radius 3 is 2.46 bits per heavy atom. The Bertz CT molecular complexity index is 987. The van der Waals surface area contributed by atoms with Crippen molar-refractivity contribution in [2.24, 2.45) is 0 Å². The van der Waals surface area contributed by atoms with Crippen LogP contribution in [0, 0.1) is 0 Å². The second-order valence-electron chi connectivity index (χ2n) is 5.20. The molecular formula is C18H12O6. The van der Waals surface area contributed by atoms with Crippen LogP contribution in [0.1, 0.15) is 27.1 Å². The Morgan fingerprint density at radius 2 is 1.75 bits per heavy atom. The van der Waals surface area contributed by atoms with Gasteiger partial charge in [0.1, 0.15) is 17.1 Å². The van der Waals surface area contributed by atoms with Gasteiger partial charge in [-0.2, -0.15) is 0 Å². The summed E-state index contributed by atoms with van der Waals surface area (Å²) in [5, 5.41) is 19.5. The molecule has 2 aromatic carbocycles. The fraction of sp³-hybridized carbons (Fsp3) is 0.0556. The maximum Gasteiger partial charge on any atom is 0.339 e. The van der Waals surface area contributed by atoms with Crippen molar-refractivity contribution in [3.63, 3.8) is 0 Å². The third kappa shape index (κ3) is 2.89. The first-order valence-electron chi connectivity index (χ1n) is 7.08. The smallest absolute Gasteiger partial charge is 0.339 e. The van der Waals surface area contributed by atoms with E-state index in [4.69, 9.17) is 4.74 Å². The summed E-state index contributed by atoms with van der Waals surface area (Å²) in [6, 6.07) is 8.75. The van der Waals surface area contributed by atoms with Crippen molar-refractivity contribution in [1.82, 2.24) is 0 Å². The Morgan fingerprint density at radius 1 is 1.00 bits per heavy atom. The van der Waals surface area contributed by atoms with E-state index in [-0.39, 0.29) is 34.8 Å². The third-order valence-corrected chi connectivity index (χ3v) is 3.59. The fourth-order valence-corrected chi connectivity index (χ4v) is 2.46. The summed E-state index contributed by atoms with van der Waals surface area (Å²) >= 11 is 0. The van der Waals surface area contributed by atoms with Crippen LogP contribution in [-0.2, 0) is 4.79 Å². The number of ether oxygens (including phenoxy) is 1. The molecule has 0 amide bonds. The van der Waals surface area contributed by atoms with Gasteiger partial charge in [-0.15, -0.1) is 0 Å². The lowest BCUT2D eigenvalue weighted by Gasteiger charge is -2.12. The minimum atomic E-state index is -1.17. The highest BCUT2D eigenvalue weighted by Gasteiger charge is 2.15. The Labute approximate surface area is 135 Å². The minimum absolute atomic E-state index is 0.00412. The second kappa shape index (κ2) is 6.00. The van der Waals surface area contributed by atoms with Crippen molar-refractivity contribution in [3.8, 4) is 11.5 Å². The van der Waals surface area contributed by atoms with E-state index in [1.54, 1.807) is 18.2 Å². The van der Waals surface area contributed by atoms with Gasteiger partial charge in [-0.3, -0.25) is 4.79 Å². The predicted octanol–water partition coefficient (Wildman–Crippen LogP) is 1.41. The van der Waals surface area contributed by atoms with Crippen LogP contribution in [-0.4, -0.2) is 27.9 Å². The molecule has 6 nitrogen and oxygen atoms in total. The van der Waals surface area contributed by atoms with Crippen molar-refractivity contribution < 1.29 is 29.3 Å². The number of aromatic carboxylic acids is 2. The van der Waals surface area contributed by atoms with Gasteiger partial charge in [-0.25, -0.2) is 9.59 Å². The molecule has 0 saturated carbocycles. The van der Waals surface area contributed by atoms with Gasteiger partial charge in [0.15, 0.2) is 5.78 Å². The average molecular weight is 324 g/mol. The van der Waals surface area contributed by atoms with E-state index in [2.05, 4.69) is 0 Å². The first kappa shape index (κ1) is 15.5. The van der Waals surface area contributed by atoms with E-state index in [1.165, 1.54) is 30.3 Å². The van der Waals surface area contributed by atoms with Crippen molar-refractivity contribution >= 4 is 29.9 Å². The van der Waals surface area contributed by atoms with E-state index in [1.807, 2.05) is 0 Å². The maximum absolute atomic E-state index is 11.7. The van der Waals surface area contributed by atoms with Crippen molar-refractivity contribution in [1.29, 1.82) is 0 Å². The second-order valence-corrected chi connectivity index (χ2v) is 5.20. The first-order chi connectivity index (χ1) is 11.5. The number of benzene rings is 2. The van der Waals surface area contributed by atoms with E-state index >= 15 is 0 Å². The van der Waals surface area contributed by atoms with E-state index < -0.39 is 11.9 Å². The zero-order valence-electron chi connectivity index (χ0n) is 12.4. The van der Waals surface area contributed by atoms with Gasteiger partial charge in [-0.05, 0) is 35.6 Å². The lowest BCUT2D eigenvalue weighted by atomic mass is 10.0. The zero-order chi connectivity index (χ0) is 17.3. The summed E-state index contributed by atoms with van der Waals surface area (Å²) in [7, 11) is 0. The summed E-state index contributed by atoms with van der Waals surface area (Å²) in [5.41, 5.74) is -0.0614. The molecule has 2 N–H and O–H groups in total. The van der Waals surface area contributed by atoms with Gasteiger partial charge in [0, 0.05) is 11.6 Å². The number of fused-ring (bicyclic) bond motifs is 1. The Kier molecular flexibility index (Phi) is 3.87. The van der Waals surface area contributed by atoms with Crippen molar-refractivity contribution in [2.45, 2.75) is 6.42 Å². The van der Waals surface area contributed by atoms with Crippen LogP contribution in [0.3, 0.4) is 0 Å². The minimum Gasteiger partial charge on any atom is -0.478 e. The number of hydrogen-bond acceptors (Lipinski definition) is 4. The number of carbonyl (C=O) groups is 3. The molecule has 120 valence electrons. The number of carboxylic acids is 2. The molecule has 0 atom stereocenters. The lowest BCUT2D eigenvalue weighted by molar-refractivity contribution is -0.112. The first-order valence-corrected chi connectivity index (χ1v) is 7.08. The van der Waals surface area contributed by atoms with Crippen molar-refractivity contribution in [3.05, 3.63) is 58.0 Å². The summed E-state index contributed by atoms with van der Waals surface area (Å²) in [6.07, 6.45) is 3.18. The number of carboxylic acid groups (broad SMARTS) is 2. The van der Waals surface area contributed by atoms with Crippen LogP contribution in [0.5, 0.6) is 11.5 Å². The molecule has 0 unspecified atom stereocenters. The van der Waals surface area contributed by atoms with Crippen LogP contribution >= 0.6 is 0 Å². The number of carbonyl (C=O) groups excluding carboxylic acids is 1. The van der Waals surface area contributed by atoms with Gasteiger partial charge in [-0.1, -0.05) is 18.2 Å². The number of para-hydroxylation sites is 1. The summed E-state index contributed by atoms with van der Waals surface area (Å²) < 4.78 is 5.66. The summed E-state index contributed by atoms with van der Waals surface area (Å²) in [4.78, 5) is 34.2. The molecule has 0 spiro atoms. The van der Waals surface area contributed by atoms with Crippen molar-refractivity contribution in [2.75, 3.05) is 0 Å². The molecule has 2 aromatic rings. The standard InChI is InChI=1S/C18H12O6/c19-12-6-5-10-7-11(17(20)21)8-16(14(10)9-12)24-15-4-2-1-3-13(15)18(22)23/h1-5,7-9H,6H2,(H,20,21)(H,22,23). The van der Waals surface area contributed by atoms with Crippen LogP contribution in [0.4, 0.5) is 0 Å². The monoisotopic (exact) mass is 324 g/mol. The molecular weight excluding hydrogens is 312 g/mol. The topological polar surface area (TPSA) is 101 Å². The largest absolute Gasteiger partial charge is 0.478 e. The quantitative estimate of drug-likeness (QED) is 0.882. The highest BCUT2D eigenvalue weighted by atomic mass is 16.5. The molecule has 1 aliphatic carbocycles. The zero-order valence-corrected chi connectivity index (χ0v) is 12.4. The Balaban J connectivity index is 2.20. The van der Waals surface area contributed by atoms with Gasteiger partial charge in [0.2, 0.25) is 0 Å². The Hall–Kier alpha value is -3.41. The van der Waals surface area contributed by atoms with Crippen LogP contribution in [0.15, 0.2) is 36.4 Å². The van der Waals surface area contributed by atoms with Crippen LogP contribution in [0.25, 0.3) is 12.2 Å². The normalized spacial score (nSPS) is 12.6. The SMILES string of the molecule is O=C1C=c2c(Oc3ccccc3C(=O)O)cc(C(=O)O)cc2=CC1. The van der Waals surface area contributed by atoms with Gasteiger partial charge in [0.25, 0.3) is 0 Å². The molecule has 24 heavy (non-hydrogen) atoms. The highest BCUT2D eigenvalue weighted by molar-refractivity contribution is 6.09. The molecule has 0 bridgehead atoms. The molecule has 0 saturated heterocycles. The third-order valence-electron chi connectivity index (χ3n) is 3.59. The molecule has 0 fully saturated rings. The average Bonchev–Trinajstić information content (AvgIpc) is 2.55. The molecule has 0 heterocycles. The maximum atomic E-state index is 11.7. The fourth-order valence-electron chi connectivity index (χ4n) is 2.46. The number of ketones is 1. The van der Waals surface area contributed by atoms with Crippen LogP contribution in [0.2, 0.25) is 0 Å². The van der Waals surface area contributed by atoms with Gasteiger partial charge >= 0.3 is 11.9 Å². The number of rotatable bonds is 4. The van der Waals surface area contributed by atoms with Gasteiger partial charge in [0.05, 0.1) is 5.56 Å². The van der Waals surface area contributed by atoms with Gasteiger partial charge < -0.3 is 14.9 Å². The summed E-state index contributed by atoms with van der Waals surface area (Å²) in [5.74, 6) is -2.24.